The summed E-state index contributed by atoms with van der Waals surface area (Å²) in [6, 6.07) is 0. The Kier molecular flexibility index (Phi) is 42.3. The van der Waals surface area contributed by atoms with E-state index in [-0.39, 0.29) is 26.1 Å². The first-order valence-electron chi connectivity index (χ1n) is 29.9. The molecule has 2 aliphatic heterocycles. The molecule has 2 aliphatic rings. The number of esters is 2. The molecule has 0 aromatic heterocycles. The normalized spacial score (nSPS) is 24.8. The summed E-state index contributed by atoms with van der Waals surface area (Å²) in [6.45, 7) is 2.62. The number of unbranched alkanes of at least 4 members (excludes halogenated alkanes) is 30. The quantitative estimate of drug-likeness (QED) is 0.0171. The number of hydrogen-bond acceptors (Lipinski definition) is 15. The minimum Gasteiger partial charge on any atom is -0.462 e. The van der Waals surface area contributed by atoms with Crippen LogP contribution < -0.4 is 0 Å². The summed E-state index contributed by atoms with van der Waals surface area (Å²) >= 11 is 0. The molecule has 0 saturated carbocycles. The average Bonchev–Trinajstić information content (AvgIpc) is 3.39. The molecule has 0 amide bonds. The molecule has 0 radical (unpaired) electrons. The molecule has 15 heteroatoms. The van der Waals surface area contributed by atoms with Crippen molar-refractivity contribution >= 4 is 11.9 Å². The number of rotatable bonds is 48. The van der Waals surface area contributed by atoms with Crippen molar-refractivity contribution < 1.29 is 73.8 Å². The van der Waals surface area contributed by atoms with Gasteiger partial charge in [0.05, 0.1) is 19.8 Å². The van der Waals surface area contributed by atoms with Gasteiger partial charge in [-0.15, -0.1) is 0 Å². The predicted molar refractivity (Wildman–Crippen MR) is 289 cm³/mol. The van der Waals surface area contributed by atoms with Gasteiger partial charge in [-0.05, 0) is 64.2 Å². The summed E-state index contributed by atoms with van der Waals surface area (Å²) in [5.41, 5.74) is 0. The van der Waals surface area contributed by atoms with Gasteiger partial charge in [0.25, 0.3) is 0 Å². The lowest BCUT2D eigenvalue weighted by molar-refractivity contribution is -0.332. The number of carbonyl (C=O) groups excluding carboxylic acids is 2. The standard InChI is InChI=1S/C59H108O15/c1-3-5-7-9-11-13-15-17-19-21-22-23-24-26-27-29-31-33-35-37-39-41-50(61)69-44-47(72-51(62)42-40-38-36-34-32-30-28-25-20-18-16-14-12-10-8-6-4-2)45-70-58-57(68)55(66)53(64)49(74-58)46-71-59-56(67)54(65)52(63)48(43-60)73-59/h17-20,47-49,52-60,63-68H,3-16,21-46H2,1-2H3/b19-17+,20-18+/t47-,48+,49+,52-,53-,54?,55?,56?,57?,58+,59+/m0/s1. The molecule has 4 unspecified atom stereocenters. The number of hydrogen-bond donors (Lipinski definition) is 7. The molecule has 15 nitrogen and oxygen atoms in total. The largest absolute Gasteiger partial charge is 0.462 e. The Morgan fingerprint density at radius 3 is 1.19 bits per heavy atom. The lowest BCUT2D eigenvalue weighted by Crippen LogP contribution is -2.61. The van der Waals surface area contributed by atoms with Gasteiger partial charge < -0.3 is 64.2 Å². The van der Waals surface area contributed by atoms with Crippen LogP contribution in [0.15, 0.2) is 24.3 Å². The van der Waals surface area contributed by atoms with Crippen LogP contribution in [-0.2, 0) is 38.0 Å². The monoisotopic (exact) mass is 1060 g/mol. The summed E-state index contributed by atoms with van der Waals surface area (Å²) in [6.07, 6.45) is 33.4. The fraction of sp³-hybridized carbons (Fsp3) is 0.898. The van der Waals surface area contributed by atoms with Crippen LogP contribution in [0.5, 0.6) is 0 Å². The number of aliphatic hydroxyl groups excluding tert-OH is 7. The molecule has 2 heterocycles. The second kappa shape index (κ2) is 45.9. The highest BCUT2D eigenvalue weighted by Crippen LogP contribution is 2.27. The maximum atomic E-state index is 13.1. The van der Waals surface area contributed by atoms with Crippen molar-refractivity contribution in [3.63, 3.8) is 0 Å². The minimum absolute atomic E-state index is 0.163. The Balaban J connectivity index is 1.74. The molecule has 0 aromatic carbocycles. The number of ether oxygens (including phenoxy) is 6. The average molecular weight is 1060 g/mol. The third-order valence-corrected chi connectivity index (χ3v) is 14.4. The van der Waals surface area contributed by atoms with Crippen LogP contribution in [0.25, 0.3) is 0 Å². The van der Waals surface area contributed by atoms with Gasteiger partial charge in [-0.25, -0.2) is 0 Å². The maximum Gasteiger partial charge on any atom is 0.306 e. The van der Waals surface area contributed by atoms with Gasteiger partial charge in [-0.1, -0.05) is 192 Å². The molecular formula is C59H108O15. The van der Waals surface area contributed by atoms with Crippen molar-refractivity contribution in [2.45, 2.75) is 313 Å². The molecule has 2 saturated heterocycles. The molecule has 0 bridgehead atoms. The van der Waals surface area contributed by atoms with E-state index in [0.29, 0.717) is 12.8 Å². The topological polar surface area (TPSA) is 231 Å². The molecule has 0 aromatic rings. The second-order valence-corrected chi connectivity index (χ2v) is 21.2. The zero-order valence-electron chi connectivity index (χ0n) is 46.3. The van der Waals surface area contributed by atoms with Crippen molar-refractivity contribution in [2.75, 3.05) is 26.4 Å². The predicted octanol–water partition coefficient (Wildman–Crippen LogP) is 10.3. The maximum absolute atomic E-state index is 13.1. The molecule has 7 N–H and O–H groups in total. The van der Waals surface area contributed by atoms with E-state index >= 15 is 0 Å². The second-order valence-electron chi connectivity index (χ2n) is 21.2. The highest BCUT2D eigenvalue weighted by Gasteiger charge is 2.47. The smallest absolute Gasteiger partial charge is 0.306 e. The minimum atomic E-state index is -1.76. The molecule has 434 valence electrons. The molecule has 74 heavy (non-hydrogen) atoms. The van der Waals surface area contributed by atoms with Crippen LogP contribution in [0.4, 0.5) is 0 Å². The SMILES string of the molecule is CCCCCCCC/C=C/CCCCCCCCCCCCCC(=O)OC[C@@H](CO[C@@H]1O[C@H](CO[C@@H]2O[C@H](CO)[C@H](O)C(O)C2O)[C@H](O)C(O)C1O)OC(=O)CCCCCCCCC/C=C/CCCCCCCC. The van der Waals surface area contributed by atoms with Crippen molar-refractivity contribution in [2.24, 2.45) is 0 Å². The Morgan fingerprint density at radius 2 is 0.770 bits per heavy atom. The third kappa shape index (κ3) is 32.7. The molecule has 0 spiro atoms. The molecule has 0 aliphatic carbocycles. The summed E-state index contributed by atoms with van der Waals surface area (Å²) in [7, 11) is 0. The van der Waals surface area contributed by atoms with Crippen molar-refractivity contribution in [3.05, 3.63) is 24.3 Å². The van der Waals surface area contributed by atoms with Crippen molar-refractivity contribution in [1.29, 1.82) is 0 Å². The summed E-state index contributed by atoms with van der Waals surface area (Å²) in [4.78, 5) is 25.9. The molecular weight excluding hydrogens is 949 g/mol. The highest BCUT2D eigenvalue weighted by atomic mass is 16.7. The van der Waals surface area contributed by atoms with Crippen LogP contribution in [0.1, 0.15) is 245 Å². The number of aliphatic hydroxyl groups is 7. The van der Waals surface area contributed by atoms with E-state index in [0.717, 1.165) is 51.4 Å². The summed E-state index contributed by atoms with van der Waals surface area (Å²) in [5.74, 6) is -0.919. The van der Waals surface area contributed by atoms with Gasteiger partial charge in [0.2, 0.25) is 0 Å². The lowest BCUT2D eigenvalue weighted by atomic mass is 9.98. The van der Waals surface area contributed by atoms with Gasteiger partial charge in [0.1, 0.15) is 55.4 Å². The van der Waals surface area contributed by atoms with E-state index in [1.807, 2.05) is 0 Å². The van der Waals surface area contributed by atoms with E-state index in [9.17, 15) is 45.3 Å². The Morgan fingerprint density at radius 1 is 0.419 bits per heavy atom. The van der Waals surface area contributed by atoms with Crippen LogP contribution in [0, 0.1) is 0 Å². The van der Waals surface area contributed by atoms with Crippen LogP contribution >= 0.6 is 0 Å². The van der Waals surface area contributed by atoms with Gasteiger partial charge in [-0.2, -0.15) is 0 Å². The highest BCUT2D eigenvalue weighted by molar-refractivity contribution is 5.70. The first-order valence-corrected chi connectivity index (χ1v) is 29.9. The van der Waals surface area contributed by atoms with Crippen molar-refractivity contribution in [3.8, 4) is 0 Å². The summed E-state index contributed by atoms with van der Waals surface area (Å²) in [5, 5.41) is 72.3. The van der Waals surface area contributed by atoms with Gasteiger partial charge in [0.15, 0.2) is 18.7 Å². The zero-order chi connectivity index (χ0) is 53.9. The van der Waals surface area contributed by atoms with E-state index in [1.165, 1.54) is 154 Å². The first kappa shape index (κ1) is 68.1. The van der Waals surface area contributed by atoms with Crippen molar-refractivity contribution in [1.82, 2.24) is 0 Å². The fourth-order valence-electron chi connectivity index (χ4n) is 9.50. The zero-order valence-corrected chi connectivity index (χ0v) is 46.3. The Hall–Kier alpha value is -2.02. The third-order valence-electron chi connectivity index (χ3n) is 14.4. The van der Waals surface area contributed by atoms with Gasteiger partial charge >= 0.3 is 11.9 Å². The Labute approximate surface area is 447 Å². The molecule has 2 rings (SSSR count). The number of carbonyl (C=O) groups is 2. The van der Waals surface area contributed by atoms with Gasteiger partial charge in [0, 0.05) is 12.8 Å². The van der Waals surface area contributed by atoms with Gasteiger partial charge in [-0.3, -0.25) is 9.59 Å². The van der Waals surface area contributed by atoms with E-state index in [4.69, 9.17) is 28.4 Å². The van der Waals surface area contributed by atoms with Crippen LogP contribution in [0.3, 0.4) is 0 Å². The van der Waals surface area contributed by atoms with Crippen LogP contribution in [0.2, 0.25) is 0 Å². The van der Waals surface area contributed by atoms with E-state index in [1.54, 1.807) is 0 Å². The molecule has 2 fully saturated rings. The molecule has 11 atom stereocenters. The first-order chi connectivity index (χ1) is 36.0. The Bertz CT molecular complexity index is 1380. The van der Waals surface area contributed by atoms with E-state index < -0.39 is 92.7 Å². The number of allylic oxidation sites excluding steroid dienone is 4. The lowest BCUT2D eigenvalue weighted by Gasteiger charge is -2.42. The van der Waals surface area contributed by atoms with Crippen LogP contribution in [-0.4, -0.2) is 142 Å². The summed E-state index contributed by atoms with van der Waals surface area (Å²) < 4.78 is 33.7. The van der Waals surface area contributed by atoms with E-state index in [2.05, 4.69) is 38.2 Å². The fourth-order valence-corrected chi connectivity index (χ4v) is 9.50.